The molecule has 0 aromatic heterocycles. The molecule has 0 amide bonds. The molecule has 0 radical (unpaired) electrons. The fraction of sp³-hybridized carbons (Fsp3) is 0.188. The summed E-state index contributed by atoms with van der Waals surface area (Å²) in [5.41, 5.74) is 1.27. The molecule has 98 valence electrons. The highest BCUT2D eigenvalue weighted by molar-refractivity contribution is 6.10. The van der Waals surface area contributed by atoms with Crippen LogP contribution in [-0.2, 0) is 6.42 Å². The lowest BCUT2D eigenvalue weighted by Crippen LogP contribution is -2.02. The third kappa shape index (κ3) is 2.76. The lowest BCUT2D eigenvalue weighted by atomic mass is 9.99. The first-order valence-electron chi connectivity index (χ1n) is 6.28. The number of phenols is 2. The van der Waals surface area contributed by atoms with E-state index in [1.807, 2.05) is 13.0 Å². The van der Waals surface area contributed by atoms with Crippen LogP contribution in [0, 0.1) is 0 Å². The van der Waals surface area contributed by atoms with Crippen molar-refractivity contribution in [1.82, 2.24) is 0 Å². The number of aromatic hydroxyl groups is 2. The Morgan fingerprint density at radius 1 is 1.05 bits per heavy atom. The van der Waals surface area contributed by atoms with Crippen LogP contribution in [0.25, 0.3) is 0 Å². The van der Waals surface area contributed by atoms with Gasteiger partial charge in [0.25, 0.3) is 0 Å². The summed E-state index contributed by atoms with van der Waals surface area (Å²) in [6, 6.07) is 11.5. The van der Waals surface area contributed by atoms with Crippen LogP contribution in [0.4, 0.5) is 0 Å². The molecule has 2 aromatic carbocycles. The number of phenolic OH excluding ortho intramolecular Hbond substituents is 2. The monoisotopic (exact) mass is 256 g/mol. The van der Waals surface area contributed by atoms with Crippen molar-refractivity contribution in [2.24, 2.45) is 0 Å². The number of hydrogen-bond donors (Lipinski definition) is 2. The molecule has 0 aliphatic heterocycles. The number of hydrogen-bond acceptors (Lipinski definition) is 3. The number of carbonyl (C=O) groups excluding carboxylic acids is 1. The maximum Gasteiger partial charge on any atom is 0.196 e. The zero-order valence-electron chi connectivity index (χ0n) is 10.8. The molecule has 0 aliphatic rings. The van der Waals surface area contributed by atoms with Gasteiger partial charge in [0, 0.05) is 5.56 Å². The maximum atomic E-state index is 12.2. The molecule has 3 heteroatoms. The third-order valence-electron chi connectivity index (χ3n) is 3.00. The van der Waals surface area contributed by atoms with Gasteiger partial charge in [-0.3, -0.25) is 4.79 Å². The Balaban J connectivity index is 2.41. The topological polar surface area (TPSA) is 57.5 Å². The smallest absolute Gasteiger partial charge is 0.196 e. The first kappa shape index (κ1) is 13.1. The summed E-state index contributed by atoms with van der Waals surface area (Å²) in [7, 11) is 0. The number of ketones is 1. The van der Waals surface area contributed by atoms with E-state index in [1.54, 1.807) is 24.3 Å². The average Bonchev–Trinajstić information content (AvgIpc) is 2.43. The summed E-state index contributed by atoms with van der Waals surface area (Å²) in [6.45, 7) is 1.99. The van der Waals surface area contributed by atoms with Crippen LogP contribution in [-0.4, -0.2) is 16.0 Å². The lowest BCUT2D eigenvalue weighted by Gasteiger charge is -2.09. The van der Waals surface area contributed by atoms with Crippen molar-refractivity contribution in [3.63, 3.8) is 0 Å². The van der Waals surface area contributed by atoms with Crippen LogP contribution >= 0.6 is 0 Å². The molecule has 2 rings (SSSR count). The van der Waals surface area contributed by atoms with E-state index in [0.717, 1.165) is 6.42 Å². The molecule has 19 heavy (non-hydrogen) atoms. The Hall–Kier alpha value is -2.29. The molecule has 3 nitrogen and oxygen atoms in total. The van der Waals surface area contributed by atoms with E-state index in [0.29, 0.717) is 17.5 Å². The molecule has 0 bridgehead atoms. The number of rotatable bonds is 4. The molecule has 0 heterocycles. The van der Waals surface area contributed by atoms with Gasteiger partial charge in [0.1, 0.15) is 11.5 Å². The van der Waals surface area contributed by atoms with Gasteiger partial charge in [0.05, 0.1) is 5.56 Å². The molecule has 0 saturated heterocycles. The molecule has 0 aliphatic carbocycles. The molecule has 2 aromatic rings. The second-order valence-electron chi connectivity index (χ2n) is 4.44. The predicted octanol–water partition coefficient (Wildman–Crippen LogP) is 3.28. The summed E-state index contributed by atoms with van der Waals surface area (Å²) < 4.78 is 0. The van der Waals surface area contributed by atoms with Gasteiger partial charge in [-0.25, -0.2) is 0 Å². The fourth-order valence-corrected chi connectivity index (χ4v) is 2.02. The van der Waals surface area contributed by atoms with Crippen molar-refractivity contribution in [3.8, 4) is 11.5 Å². The predicted molar refractivity (Wildman–Crippen MR) is 73.6 cm³/mol. The van der Waals surface area contributed by atoms with Crippen molar-refractivity contribution in [3.05, 3.63) is 59.2 Å². The molecular formula is C16H16O3. The summed E-state index contributed by atoms with van der Waals surface area (Å²) in [5.74, 6) is -0.328. The standard InChI is InChI=1S/C16H16O3/c1-2-6-12-9-15(18)13(10-14(12)17)16(19)11-7-4-3-5-8-11/h3-5,7-10,17-18H,2,6H2,1H3. The van der Waals surface area contributed by atoms with E-state index in [-0.39, 0.29) is 22.8 Å². The molecule has 0 fully saturated rings. The van der Waals surface area contributed by atoms with E-state index < -0.39 is 0 Å². The van der Waals surface area contributed by atoms with Gasteiger partial charge in [-0.05, 0) is 24.1 Å². The van der Waals surface area contributed by atoms with Gasteiger partial charge >= 0.3 is 0 Å². The first-order chi connectivity index (χ1) is 9.13. The van der Waals surface area contributed by atoms with Gasteiger partial charge in [-0.1, -0.05) is 43.7 Å². The SMILES string of the molecule is CCCc1cc(O)c(C(=O)c2ccccc2)cc1O. The number of benzene rings is 2. The van der Waals surface area contributed by atoms with Gasteiger partial charge in [0.2, 0.25) is 0 Å². The largest absolute Gasteiger partial charge is 0.508 e. The van der Waals surface area contributed by atoms with Crippen LogP contribution in [0.15, 0.2) is 42.5 Å². The van der Waals surface area contributed by atoms with Crippen molar-refractivity contribution in [2.75, 3.05) is 0 Å². The van der Waals surface area contributed by atoms with Gasteiger partial charge < -0.3 is 10.2 Å². The Kier molecular flexibility index (Phi) is 3.85. The molecule has 0 unspecified atom stereocenters. The van der Waals surface area contributed by atoms with Crippen molar-refractivity contribution in [2.45, 2.75) is 19.8 Å². The van der Waals surface area contributed by atoms with E-state index in [2.05, 4.69) is 0 Å². The van der Waals surface area contributed by atoms with Crippen LogP contribution in [0.5, 0.6) is 11.5 Å². The van der Waals surface area contributed by atoms with Gasteiger partial charge in [-0.15, -0.1) is 0 Å². The van der Waals surface area contributed by atoms with E-state index in [9.17, 15) is 15.0 Å². The normalized spacial score (nSPS) is 10.4. The van der Waals surface area contributed by atoms with Crippen LogP contribution in [0.3, 0.4) is 0 Å². The zero-order valence-corrected chi connectivity index (χ0v) is 10.8. The van der Waals surface area contributed by atoms with Crippen LogP contribution in [0.2, 0.25) is 0 Å². The maximum absolute atomic E-state index is 12.2. The molecule has 2 N–H and O–H groups in total. The minimum absolute atomic E-state index is 0.0546. The highest BCUT2D eigenvalue weighted by Gasteiger charge is 2.16. The third-order valence-corrected chi connectivity index (χ3v) is 3.00. The van der Waals surface area contributed by atoms with Gasteiger partial charge in [0.15, 0.2) is 5.78 Å². The average molecular weight is 256 g/mol. The zero-order chi connectivity index (χ0) is 13.8. The Bertz CT molecular complexity index is 588. The summed E-state index contributed by atoms with van der Waals surface area (Å²) in [5, 5.41) is 19.8. The molecule has 0 atom stereocenters. The fourth-order valence-electron chi connectivity index (χ4n) is 2.02. The highest BCUT2D eigenvalue weighted by atomic mass is 16.3. The minimum Gasteiger partial charge on any atom is -0.508 e. The minimum atomic E-state index is -0.295. The first-order valence-corrected chi connectivity index (χ1v) is 6.28. The lowest BCUT2D eigenvalue weighted by molar-refractivity contribution is 0.103. The highest BCUT2D eigenvalue weighted by Crippen LogP contribution is 2.29. The molecular weight excluding hydrogens is 240 g/mol. The van der Waals surface area contributed by atoms with Crippen molar-refractivity contribution >= 4 is 5.78 Å². The quantitative estimate of drug-likeness (QED) is 0.652. The van der Waals surface area contributed by atoms with Gasteiger partial charge in [-0.2, -0.15) is 0 Å². The van der Waals surface area contributed by atoms with Crippen LogP contribution < -0.4 is 0 Å². The van der Waals surface area contributed by atoms with E-state index >= 15 is 0 Å². The number of aryl methyl sites for hydroxylation is 1. The Morgan fingerprint density at radius 3 is 2.37 bits per heavy atom. The second-order valence-corrected chi connectivity index (χ2v) is 4.44. The Labute approximate surface area is 112 Å². The molecule has 0 saturated carbocycles. The number of carbonyl (C=O) groups is 1. The summed E-state index contributed by atoms with van der Waals surface area (Å²) in [4.78, 5) is 12.2. The second kappa shape index (κ2) is 5.57. The van der Waals surface area contributed by atoms with E-state index in [4.69, 9.17) is 0 Å². The Morgan fingerprint density at radius 2 is 1.74 bits per heavy atom. The molecule has 0 spiro atoms. The van der Waals surface area contributed by atoms with Crippen molar-refractivity contribution in [1.29, 1.82) is 0 Å². The van der Waals surface area contributed by atoms with Crippen molar-refractivity contribution < 1.29 is 15.0 Å². The summed E-state index contributed by atoms with van der Waals surface area (Å²) >= 11 is 0. The van der Waals surface area contributed by atoms with E-state index in [1.165, 1.54) is 12.1 Å². The summed E-state index contributed by atoms with van der Waals surface area (Å²) in [6.07, 6.45) is 1.53. The van der Waals surface area contributed by atoms with Crippen LogP contribution in [0.1, 0.15) is 34.8 Å².